The zero-order valence-corrected chi connectivity index (χ0v) is 10.5. The van der Waals surface area contributed by atoms with Crippen molar-refractivity contribution in [2.45, 2.75) is 24.7 Å². The molecule has 1 fully saturated rings. The number of benzene rings is 1. The van der Waals surface area contributed by atoms with E-state index in [1.54, 1.807) is 6.07 Å². The minimum absolute atomic E-state index is 0.218. The molecule has 0 bridgehead atoms. The largest absolute Gasteiger partial charge is 0.399 e. The predicted octanol–water partition coefficient (Wildman–Crippen LogP) is -0.664. The zero-order valence-electron chi connectivity index (χ0n) is 10.5. The number of ether oxygens (including phenoxy) is 1. The monoisotopic (exact) mass is 278 g/mol. The van der Waals surface area contributed by atoms with E-state index in [9.17, 15) is 14.7 Å². The van der Waals surface area contributed by atoms with Crippen LogP contribution in [-0.2, 0) is 4.74 Å². The Labute approximate surface area is 114 Å². The van der Waals surface area contributed by atoms with Crippen molar-refractivity contribution < 1.29 is 24.5 Å². The lowest BCUT2D eigenvalue weighted by molar-refractivity contribution is -0.0226. The summed E-state index contributed by atoms with van der Waals surface area (Å²) in [6, 6.07) is 3.00. The van der Waals surface area contributed by atoms with Gasteiger partial charge in [0.15, 0.2) is 0 Å². The van der Waals surface area contributed by atoms with Crippen LogP contribution in [0.15, 0.2) is 12.1 Å². The van der Waals surface area contributed by atoms with Crippen molar-refractivity contribution in [1.82, 2.24) is 5.32 Å². The second kappa shape index (κ2) is 4.55. The molecule has 3 atom stereocenters. The molecule has 1 aromatic carbocycles. The molecule has 2 heterocycles. The standard InChI is InChI=1S/C13H14N2O5/c14-5-1-6(9-3-8(17)10(4-16)20-9)11-7(2-5)12(18)15-13(11)19/h1-2,8-10,16-17H,3-4,14H2,(H,15,18,19). The third-order valence-corrected chi connectivity index (χ3v) is 3.64. The number of amides is 2. The number of imide groups is 1. The lowest BCUT2D eigenvalue weighted by atomic mass is 9.95. The molecule has 0 aliphatic carbocycles. The molecule has 2 aliphatic rings. The number of nitrogens with one attached hydrogen (secondary N) is 1. The fourth-order valence-corrected chi connectivity index (χ4v) is 2.70. The molecule has 7 nitrogen and oxygen atoms in total. The Hall–Kier alpha value is -1.96. The average molecular weight is 278 g/mol. The van der Waals surface area contributed by atoms with Gasteiger partial charge in [0.25, 0.3) is 11.8 Å². The van der Waals surface area contributed by atoms with Crippen LogP contribution in [0.2, 0.25) is 0 Å². The summed E-state index contributed by atoms with van der Waals surface area (Å²) in [7, 11) is 0. The van der Waals surface area contributed by atoms with Gasteiger partial charge < -0.3 is 20.7 Å². The predicted molar refractivity (Wildman–Crippen MR) is 68.0 cm³/mol. The van der Waals surface area contributed by atoms with Crippen molar-refractivity contribution >= 4 is 17.5 Å². The number of hydrogen-bond donors (Lipinski definition) is 4. The smallest absolute Gasteiger partial charge is 0.259 e. The van der Waals surface area contributed by atoms with E-state index < -0.39 is 30.1 Å². The minimum Gasteiger partial charge on any atom is -0.399 e. The summed E-state index contributed by atoms with van der Waals surface area (Å²) in [6.45, 7) is -0.312. The van der Waals surface area contributed by atoms with Crippen molar-refractivity contribution in [1.29, 1.82) is 0 Å². The summed E-state index contributed by atoms with van der Waals surface area (Å²) in [5.74, 6) is -0.985. The van der Waals surface area contributed by atoms with Crippen molar-refractivity contribution in [3.8, 4) is 0 Å². The van der Waals surface area contributed by atoms with Crippen LogP contribution < -0.4 is 11.1 Å². The van der Waals surface area contributed by atoms with Gasteiger partial charge in [-0.25, -0.2) is 0 Å². The van der Waals surface area contributed by atoms with E-state index in [4.69, 9.17) is 15.6 Å². The van der Waals surface area contributed by atoms with Crippen molar-refractivity contribution in [3.05, 3.63) is 28.8 Å². The summed E-state index contributed by atoms with van der Waals surface area (Å²) in [4.78, 5) is 23.5. The highest BCUT2D eigenvalue weighted by molar-refractivity contribution is 6.22. The number of nitrogen functional groups attached to an aromatic ring is 1. The van der Waals surface area contributed by atoms with Crippen LogP contribution in [0.25, 0.3) is 0 Å². The zero-order chi connectivity index (χ0) is 14.4. The second-order valence-corrected chi connectivity index (χ2v) is 4.96. The topological polar surface area (TPSA) is 122 Å². The molecule has 2 amide bonds. The summed E-state index contributed by atoms with van der Waals surface area (Å²) in [6.07, 6.45) is -1.85. The number of fused-ring (bicyclic) bond motifs is 1. The van der Waals surface area contributed by atoms with Crippen LogP contribution in [0.3, 0.4) is 0 Å². The van der Waals surface area contributed by atoms with Gasteiger partial charge in [-0.2, -0.15) is 0 Å². The maximum absolute atomic E-state index is 11.9. The Kier molecular flexibility index (Phi) is 2.97. The summed E-state index contributed by atoms with van der Waals surface area (Å²) >= 11 is 0. The number of anilines is 1. The van der Waals surface area contributed by atoms with Gasteiger partial charge in [-0.3, -0.25) is 14.9 Å². The van der Waals surface area contributed by atoms with Crippen LogP contribution in [-0.4, -0.2) is 40.8 Å². The van der Waals surface area contributed by atoms with E-state index in [0.717, 1.165) is 0 Å². The third kappa shape index (κ3) is 1.87. The molecule has 20 heavy (non-hydrogen) atoms. The normalized spacial score (nSPS) is 28.6. The molecule has 0 radical (unpaired) electrons. The highest BCUT2D eigenvalue weighted by Gasteiger charge is 2.39. The first kappa shape index (κ1) is 13.0. The van der Waals surface area contributed by atoms with Gasteiger partial charge in [-0.15, -0.1) is 0 Å². The Morgan fingerprint density at radius 3 is 2.75 bits per heavy atom. The van der Waals surface area contributed by atoms with Crippen LogP contribution in [0, 0.1) is 0 Å². The SMILES string of the molecule is Nc1cc2c(c(C3CC(O)C(CO)O3)c1)C(=O)NC2=O. The molecule has 3 rings (SSSR count). The molecule has 3 unspecified atom stereocenters. The van der Waals surface area contributed by atoms with Gasteiger partial charge in [0.2, 0.25) is 0 Å². The highest BCUT2D eigenvalue weighted by Crippen LogP contribution is 2.37. The van der Waals surface area contributed by atoms with Gasteiger partial charge in [0, 0.05) is 12.1 Å². The molecule has 0 saturated carbocycles. The van der Waals surface area contributed by atoms with Crippen LogP contribution >= 0.6 is 0 Å². The summed E-state index contributed by atoms with van der Waals surface area (Å²) < 4.78 is 5.53. The number of rotatable bonds is 2. The Bertz CT molecular complexity index is 601. The molecular weight excluding hydrogens is 264 g/mol. The lowest BCUT2D eigenvalue weighted by Crippen LogP contribution is -2.24. The average Bonchev–Trinajstić information content (AvgIpc) is 2.90. The molecule has 106 valence electrons. The number of aliphatic hydroxyl groups is 2. The van der Waals surface area contributed by atoms with Crippen LogP contribution in [0.1, 0.15) is 38.8 Å². The molecule has 1 aromatic rings. The molecule has 7 heteroatoms. The fraction of sp³-hybridized carbons (Fsp3) is 0.385. The van der Waals surface area contributed by atoms with Gasteiger partial charge in [-0.1, -0.05) is 0 Å². The first-order valence-electron chi connectivity index (χ1n) is 6.24. The number of aliphatic hydroxyl groups excluding tert-OH is 2. The van der Waals surface area contributed by atoms with Crippen molar-refractivity contribution in [3.63, 3.8) is 0 Å². The van der Waals surface area contributed by atoms with Gasteiger partial charge in [0.1, 0.15) is 6.10 Å². The maximum atomic E-state index is 11.9. The highest BCUT2D eigenvalue weighted by atomic mass is 16.5. The minimum atomic E-state index is -0.817. The molecule has 0 aromatic heterocycles. The number of carbonyl (C=O) groups excluding carboxylic acids is 2. The van der Waals surface area contributed by atoms with Crippen molar-refractivity contribution in [2.75, 3.05) is 12.3 Å². The molecule has 0 spiro atoms. The number of nitrogens with two attached hydrogens (primary N) is 1. The Balaban J connectivity index is 2.05. The van der Waals surface area contributed by atoms with Crippen LogP contribution in [0.5, 0.6) is 0 Å². The summed E-state index contributed by atoms with van der Waals surface area (Å²) in [5.41, 5.74) is 7.02. The Morgan fingerprint density at radius 2 is 2.10 bits per heavy atom. The van der Waals surface area contributed by atoms with Crippen LogP contribution in [0.4, 0.5) is 5.69 Å². The van der Waals surface area contributed by atoms with Crippen molar-refractivity contribution in [2.24, 2.45) is 0 Å². The van der Waals surface area contributed by atoms with E-state index in [1.165, 1.54) is 6.07 Å². The molecule has 5 N–H and O–H groups in total. The van der Waals surface area contributed by atoms with E-state index in [-0.39, 0.29) is 24.2 Å². The maximum Gasteiger partial charge on any atom is 0.259 e. The van der Waals surface area contributed by atoms with E-state index in [2.05, 4.69) is 5.32 Å². The van der Waals surface area contributed by atoms with E-state index >= 15 is 0 Å². The molecule has 1 saturated heterocycles. The van der Waals surface area contributed by atoms with Gasteiger partial charge in [-0.05, 0) is 17.7 Å². The van der Waals surface area contributed by atoms with E-state index in [0.29, 0.717) is 11.3 Å². The van der Waals surface area contributed by atoms with E-state index in [1.807, 2.05) is 0 Å². The van der Waals surface area contributed by atoms with Gasteiger partial charge >= 0.3 is 0 Å². The Morgan fingerprint density at radius 1 is 1.35 bits per heavy atom. The lowest BCUT2D eigenvalue weighted by Gasteiger charge is -2.15. The van der Waals surface area contributed by atoms with Gasteiger partial charge in [0.05, 0.1) is 29.9 Å². The summed E-state index contributed by atoms with van der Waals surface area (Å²) in [5, 5.41) is 21.1. The first-order chi connectivity index (χ1) is 9.51. The quantitative estimate of drug-likeness (QED) is 0.420. The fourth-order valence-electron chi connectivity index (χ4n) is 2.70. The number of hydrogen-bond acceptors (Lipinski definition) is 6. The molecule has 2 aliphatic heterocycles. The second-order valence-electron chi connectivity index (χ2n) is 4.96. The number of carbonyl (C=O) groups is 2. The third-order valence-electron chi connectivity index (χ3n) is 3.64. The first-order valence-corrected chi connectivity index (χ1v) is 6.24. The molecular formula is C13H14N2O5.